The third kappa shape index (κ3) is 7.56. The molecule has 0 fully saturated rings. The SMILES string of the molecule is CC(C)(C)CC(C)(C)C1(F)C=C(c2ccccc2)C(O)C(Cl)(n2c3ccc(C(C)(C)C)cc3c3cc(C(C)(C)C)ccc32)C1.[CH3-].[CH3-].[Hf]. The molecule has 0 spiro atoms. The van der Waals surface area contributed by atoms with Crippen LogP contribution >= 0.6 is 11.6 Å². The van der Waals surface area contributed by atoms with Gasteiger partial charge in [-0.2, -0.15) is 0 Å². The normalized spacial score (nSPS) is 22.3. The van der Waals surface area contributed by atoms with E-state index in [4.69, 9.17) is 11.6 Å². The molecule has 5 heteroatoms. The molecule has 4 aromatic rings. The van der Waals surface area contributed by atoms with Crippen LogP contribution in [0.1, 0.15) is 106 Å². The van der Waals surface area contributed by atoms with Crippen LogP contribution in [0.25, 0.3) is 27.4 Å². The Kier molecular flexibility index (Phi) is 11.9. The fourth-order valence-corrected chi connectivity index (χ4v) is 7.90. The summed E-state index contributed by atoms with van der Waals surface area (Å²) in [7, 11) is 0. The summed E-state index contributed by atoms with van der Waals surface area (Å²) < 4.78 is 20.1. The maximum Gasteiger partial charge on any atom is 0.153 e. The number of rotatable bonds is 4. The first-order chi connectivity index (χ1) is 20.1. The van der Waals surface area contributed by atoms with Crippen LogP contribution in [0.4, 0.5) is 4.39 Å². The number of alkyl halides is 2. The summed E-state index contributed by atoms with van der Waals surface area (Å²) in [6.07, 6.45) is 1.12. The molecular formula is C42H57ClFHfNO-2. The number of aliphatic hydroxyl groups is 1. The summed E-state index contributed by atoms with van der Waals surface area (Å²) >= 11 is 7.85. The molecule has 1 aliphatic carbocycles. The van der Waals surface area contributed by atoms with Crippen LogP contribution in [0.2, 0.25) is 0 Å². The van der Waals surface area contributed by atoms with E-state index >= 15 is 4.39 Å². The van der Waals surface area contributed by atoms with Gasteiger partial charge in [-0.05, 0) is 75.3 Å². The Morgan fingerprint density at radius 3 is 1.62 bits per heavy atom. The number of aromatic nitrogens is 1. The van der Waals surface area contributed by atoms with Gasteiger partial charge in [0.15, 0.2) is 5.00 Å². The van der Waals surface area contributed by atoms with E-state index in [0.29, 0.717) is 12.0 Å². The minimum Gasteiger partial charge on any atom is -0.385 e. The molecule has 0 saturated carbocycles. The number of benzene rings is 3. The van der Waals surface area contributed by atoms with E-state index < -0.39 is 22.2 Å². The average Bonchev–Trinajstić information content (AvgIpc) is 3.23. The molecule has 256 valence electrons. The predicted octanol–water partition coefficient (Wildman–Crippen LogP) is 12.2. The van der Waals surface area contributed by atoms with Gasteiger partial charge in [0, 0.05) is 48.5 Å². The van der Waals surface area contributed by atoms with Gasteiger partial charge in [-0.1, -0.05) is 130 Å². The van der Waals surface area contributed by atoms with E-state index in [9.17, 15) is 5.11 Å². The summed E-state index contributed by atoms with van der Waals surface area (Å²) in [4.78, 5) is -1.49. The zero-order valence-corrected chi connectivity index (χ0v) is 35.4. The topological polar surface area (TPSA) is 25.2 Å². The molecule has 47 heavy (non-hydrogen) atoms. The number of hydrogen-bond acceptors (Lipinski definition) is 1. The van der Waals surface area contributed by atoms with Crippen molar-refractivity contribution in [1.82, 2.24) is 4.57 Å². The van der Waals surface area contributed by atoms with Crippen molar-refractivity contribution in [2.24, 2.45) is 10.8 Å². The Morgan fingerprint density at radius 1 is 0.766 bits per heavy atom. The molecule has 0 radical (unpaired) electrons. The van der Waals surface area contributed by atoms with E-state index in [1.54, 1.807) is 6.08 Å². The van der Waals surface area contributed by atoms with Gasteiger partial charge in [0.1, 0.15) is 11.8 Å². The van der Waals surface area contributed by atoms with Crippen LogP contribution in [-0.2, 0) is 41.7 Å². The van der Waals surface area contributed by atoms with Crippen molar-refractivity contribution in [2.75, 3.05) is 0 Å². The van der Waals surface area contributed by atoms with E-state index in [1.165, 1.54) is 11.1 Å². The van der Waals surface area contributed by atoms with Crippen molar-refractivity contribution in [3.05, 3.63) is 104 Å². The summed E-state index contributed by atoms with van der Waals surface area (Å²) in [5, 5.41) is 14.5. The minimum absolute atomic E-state index is 0. The van der Waals surface area contributed by atoms with Crippen LogP contribution in [0.5, 0.6) is 0 Å². The Balaban J connectivity index is 0.00000256. The summed E-state index contributed by atoms with van der Waals surface area (Å²) in [6, 6.07) is 22.7. The van der Waals surface area contributed by atoms with Gasteiger partial charge in [0.2, 0.25) is 0 Å². The number of nitrogens with zero attached hydrogens (tertiary/aromatic N) is 1. The van der Waals surface area contributed by atoms with E-state index in [0.717, 1.165) is 27.4 Å². The molecule has 0 bridgehead atoms. The summed E-state index contributed by atoms with van der Waals surface area (Å²) in [5.41, 5.74) is 2.78. The Morgan fingerprint density at radius 2 is 1.21 bits per heavy atom. The quantitative estimate of drug-likeness (QED) is 0.124. The summed E-state index contributed by atoms with van der Waals surface area (Å²) in [5.74, 6) is 0. The molecule has 2 nitrogen and oxygen atoms in total. The second-order valence-corrected chi connectivity index (χ2v) is 17.8. The van der Waals surface area contributed by atoms with Crippen molar-refractivity contribution in [3.8, 4) is 0 Å². The molecule has 1 heterocycles. The predicted molar refractivity (Wildman–Crippen MR) is 200 cm³/mol. The zero-order valence-electron chi connectivity index (χ0n) is 31.1. The molecule has 0 amide bonds. The number of hydrogen-bond donors (Lipinski definition) is 1. The standard InChI is InChI=1S/C40H51ClFNO.2CH3.Hf/c1-35(2,3)24-38(10,11)39(42)23-31(26-15-13-12-14-16-26)34(44)40(41,25-39)43-32-19-17-27(36(4,5)6)21-29(32)30-22-28(37(7,8)9)18-20-33(30)43;;;/h12-23,34,44H,24-25H2,1-11H3;2*1H3;/q;2*-1;. The smallest absolute Gasteiger partial charge is 0.153 e. The van der Waals surface area contributed by atoms with Crippen molar-refractivity contribution in [1.29, 1.82) is 0 Å². The molecule has 0 aliphatic heterocycles. The van der Waals surface area contributed by atoms with Gasteiger partial charge < -0.3 is 24.5 Å². The molecule has 0 saturated heterocycles. The second-order valence-electron chi connectivity index (χ2n) is 17.1. The Labute approximate surface area is 309 Å². The molecule has 1 aliphatic rings. The number of halogens is 2. The fourth-order valence-electron chi connectivity index (χ4n) is 7.41. The van der Waals surface area contributed by atoms with Crippen LogP contribution in [0, 0.1) is 25.7 Å². The maximum absolute atomic E-state index is 18.0. The first kappa shape index (κ1) is 41.4. The van der Waals surface area contributed by atoms with Gasteiger partial charge >= 0.3 is 0 Å². The Hall–Kier alpha value is -1.75. The molecule has 5 rings (SSSR count). The third-order valence-corrected chi connectivity index (χ3v) is 10.2. The van der Waals surface area contributed by atoms with Crippen LogP contribution in [-0.4, -0.2) is 21.4 Å². The monoisotopic (exact) mass is 825 g/mol. The third-order valence-electron chi connectivity index (χ3n) is 9.68. The zero-order chi connectivity index (χ0) is 32.7. The van der Waals surface area contributed by atoms with Crippen LogP contribution < -0.4 is 0 Å². The molecule has 3 aromatic carbocycles. The molecule has 1 N–H and O–H groups in total. The van der Waals surface area contributed by atoms with Crippen molar-refractivity contribution >= 4 is 39.0 Å². The fraction of sp³-hybridized carbons (Fsp3) is 0.476. The van der Waals surface area contributed by atoms with E-state index in [-0.39, 0.29) is 63.4 Å². The maximum atomic E-state index is 18.0. The molecule has 3 unspecified atom stereocenters. The molecule has 1 aromatic heterocycles. The van der Waals surface area contributed by atoms with Crippen molar-refractivity contribution in [3.63, 3.8) is 0 Å². The average molecular weight is 825 g/mol. The first-order valence-electron chi connectivity index (χ1n) is 16.0. The number of aliphatic hydroxyl groups excluding tert-OH is 1. The molecular weight excluding hydrogens is 767 g/mol. The largest absolute Gasteiger partial charge is 0.385 e. The van der Waals surface area contributed by atoms with E-state index in [2.05, 4.69) is 98.7 Å². The Bertz CT molecular complexity index is 1660. The summed E-state index contributed by atoms with van der Waals surface area (Å²) in [6.45, 7) is 23.8. The van der Waals surface area contributed by atoms with Gasteiger partial charge in [-0.15, -0.1) is 0 Å². The number of fused-ring (bicyclic) bond motifs is 3. The van der Waals surface area contributed by atoms with Gasteiger partial charge in [0.05, 0.1) is 11.0 Å². The van der Waals surface area contributed by atoms with Gasteiger partial charge in [0.25, 0.3) is 0 Å². The van der Waals surface area contributed by atoms with Gasteiger partial charge in [-0.3, -0.25) is 0 Å². The van der Waals surface area contributed by atoms with Crippen molar-refractivity contribution in [2.45, 2.75) is 117 Å². The first-order valence-corrected chi connectivity index (χ1v) is 16.4. The number of allylic oxidation sites excluding steroid dienone is 1. The minimum atomic E-state index is -1.80. The van der Waals surface area contributed by atoms with Crippen LogP contribution in [0.3, 0.4) is 0 Å². The van der Waals surface area contributed by atoms with Gasteiger partial charge in [-0.25, -0.2) is 4.39 Å². The van der Waals surface area contributed by atoms with Crippen LogP contribution in [0.15, 0.2) is 72.8 Å². The molecule has 3 atom stereocenters. The van der Waals surface area contributed by atoms with Crippen molar-refractivity contribution < 1.29 is 35.3 Å². The second kappa shape index (κ2) is 13.5. The van der Waals surface area contributed by atoms with E-state index in [1.807, 2.05) is 48.7 Å².